The first-order valence-corrected chi connectivity index (χ1v) is 10.5. The van der Waals surface area contributed by atoms with E-state index in [2.05, 4.69) is 25.7 Å². The molecule has 0 aliphatic carbocycles. The fourth-order valence-electron chi connectivity index (χ4n) is 3.61. The summed E-state index contributed by atoms with van der Waals surface area (Å²) in [5.41, 5.74) is 1.86. The molecule has 1 aliphatic heterocycles. The molecule has 0 atom stereocenters. The summed E-state index contributed by atoms with van der Waals surface area (Å²) in [5.74, 6) is 1.19. The van der Waals surface area contributed by atoms with E-state index < -0.39 is 0 Å². The molecule has 4 rings (SSSR count). The Morgan fingerprint density at radius 3 is 2.47 bits per heavy atom. The maximum absolute atomic E-state index is 13.2. The number of rotatable bonds is 7. The number of ether oxygens (including phenoxy) is 1. The molecular weight excluding hydrogens is 413 g/mol. The summed E-state index contributed by atoms with van der Waals surface area (Å²) < 4.78 is 20.0. The number of aromatic nitrogens is 4. The highest BCUT2D eigenvalue weighted by Crippen LogP contribution is 2.13. The number of carbonyl (C=O) groups excluding carboxylic acids is 1. The minimum Gasteiger partial charge on any atom is -0.497 e. The number of nitrogens with one attached hydrogen (secondary N) is 1. The van der Waals surface area contributed by atoms with E-state index in [0.29, 0.717) is 37.7 Å². The molecule has 2 heterocycles. The van der Waals surface area contributed by atoms with Gasteiger partial charge in [0.05, 0.1) is 19.3 Å². The van der Waals surface area contributed by atoms with Crippen LogP contribution in [0.5, 0.6) is 5.75 Å². The van der Waals surface area contributed by atoms with Crippen LogP contribution in [0.25, 0.3) is 5.69 Å². The molecule has 1 aliphatic rings. The minimum atomic E-state index is -0.304. The van der Waals surface area contributed by atoms with E-state index in [1.165, 1.54) is 12.1 Å². The summed E-state index contributed by atoms with van der Waals surface area (Å²) in [5, 5.41) is 14.9. The molecule has 0 unspecified atom stereocenters. The number of methoxy groups -OCH3 is 1. The van der Waals surface area contributed by atoms with E-state index in [1.807, 2.05) is 29.2 Å². The van der Waals surface area contributed by atoms with Crippen LogP contribution in [0.4, 0.5) is 9.18 Å². The van der Waals surface area contributed by atoms with Gasteiger partial charge in [0.25, 0.3) is 0 Å². The first kappa shape index (κ1) is 21.7. The van der Waals surface area contributed by atoms with Crippen LogP contribution in [-0.2, 0) is 13.0 Å². The number of hydrogen-bond acceptors (Lipinski definition) is 6. The first-order valence-electron chi connectivity index (χ1n) is 10.5. The Balaban J connectivity index is 1.22. The predicted molar refractivity (Wildman–Crippen MR) is 116 cm³/mol. The first-order chi connectivity index (χ1) is 15.6. The van der Waals surface area contributed by atoms with E-state index >= 15 is 0 Å². The number of piperazine rings is 1. The maximum Gasteiger partial charge on any atom is 0.317 e. The van der Waals surface area contributed by atoms with E-state index in [0.717, 1.165) is 30.8 Å². The van der Waals surface area contributed by atoms with Crippen molar-refractivity contribution < 1.29 is 13.9 Å². The molecular formula is C22H26FN7O2. The predicted octanol–water partition coefficient (Wildman–Crippen LogP) is 1.88. The Labute approximate surface area is 185 Å². The minimum absolute atomic E-state index is 0.0469. The van der Waals surface area contributed by atoms with Gasteiger partial charge in [0.1, 0.15) is 11.6 Å². The van der Waals surface area contributed by atoms with Crippen molar-refractivity contribution in [3.05, 3.63) is 65.7 Å². The summed E-state index contributed by atoms with van der Waals surface area (Å²) in [7, 11) is 1.64. The second-order valence-corrected chi connectivity index (χ2v) is 7.58. The van der Waals surface area contributed by atoms with Gasteiger partial charge >= 0.3 is 6.03 Å². The zero-order chi connectivity index (χ0) is 22.3. The van der Waals surface area contributed by atoms with Crippen LogP contribution in [0.1, 0.15) is 11.4 Å². The van der Waals surface area contributed by atoms with Crippen LogP contribution in [0, 0.1) is 5.82 Å². The van der Waals surface area contributed by atoms with E-state index in [9.17, 15) is 9.18 Å². The van der Waals surface area contributed by atoms with Crippen LogP contribution in [0.3, 0.4) is 0 Å². The smallest absolute Gasteiger partial charge is 0.317 e. The molecule has 168 valence electrons. The summed E-state index contributed by atoms with van der Waals surface area (Å²) in [4.78, 5) is 16.5. The number of hydrogen-bond donors (Lipinski definition) is 1. The largest absolute Gasteiger partial charge is 0.497 e. The summed E-state index contributed by atoms with van der Waals surface area (Å²) in [6, 6.07) is 13.8. The zero-order valence-corrected chi connectivity index (χ0v) is 17.9. The molecule has 32 heavy (non-hydrogen) atoms. The number of benzene rings is 2. The van der Waals surface area contributed by atoms with Gasteiger partial charge in [-0.05, 0) is 58.8 Å². The molecule has 9 nitrogen and oxygen atoms in total. The molecule has 3 aromatic rings. The Morgan fingerprint density at radius 1 is 1.06 bits per heavy atom. The summed E-state index contributed by atoms with van der Waals surface area (Å²) in [6.07, 6.45) is 0.766. The molecule has 2 aromatic carbocycles. The van der Waals surface area contributed by atoms with Crippen molar-refractivity contribution in [3.63, 3.8) is 0 Å². The summed E-state index contributed by atoms with van der Waals surface area (Å²) >= 11 is 0. The van der Waals surface area contributed by atoms with E-state index in [4.69, 9.17) is 4.74 Å². The van der Waals surface area contributed by atoms with E-state index in [-0.39, 0.29) is 11.8 Å². The Morgan fingerprint density at radius 2 is 1.78 bits per heavy atom. The Bertz CT molecular complexity index is 1020. The van der Waals surface area contributed by atoms with Gasteiger partial charge in [0.15, 0.2) is 5.82 Å². The van der Waals surface area contributed by atoms with Gasteiger partial charge in [-0.25, -0.2) is 9.18 Å². The molecule has 1 saturated heterocycles. The number of urea groups is 1. The SMILES string of the molecule is COc1ccc(CCNC(=O)N2CCN(Cc3nnnn3-c3ccc(F)cc3)CC2)cc1. The maximum atomic E-state index is 13.2. The van der Waals surface area contributed by atoms with Crippen molar-refractivity contribution in [2.45, 2.75) is 13.0 Å². The Hall–Kier alpha value is -3.53. The molecule has 0 spiro atoms. The molecule has 1 aromatic heterocycles. The van der Waals surface area contributed by atoms with Crippen molar-refractivity contribution in [2.24, 2.45) is 0 Å². The van der Waals surface area contributed by atoms with Gasteiger partial charge in [-0.1, -0.05) is 12.1 Å². The van der Waals surface area contributed by atoms with Crippen LogP contribution in [-0.4, -0.2) is 75.9 Å². The molecule has 10 heteroatoms. The van der Waals surface area contributed by atoms with Gasteiger partial charge in [-0.15, -0.1) is 5.10 Å². The third-order valence-electron chi connectivity index (χ3n) is 5.48. The quantitative estimate of drug-likeness (QED) is 0.605. The zero-order valence-electron chi connectivity index (χ0n) is 17.9. The second kappa shape index (κ2) is 10.2. The number of halogens is 1. The van der Waals surface area contributed by atoms with Crippen molar-refractivity contribution in [1.29, 1.82) is 0 Å². The van der Waals surface area contributed by atoms with Crippen LogP contribution < -0.4 is 10.1 Å². The molecule has 0 radical (unpaired) electrons. The monoisotopic (exact) mass is 439 g/mol. The van der Waals surface area contributed by atoms with Crippen molar-refractivity contribution in [1.82, 2.24) is 35.3 Å². The van der Waals surface area contributed by atoms with Gasteiger partial charge in [-0.2, -0.15) is 4.68 Å². The van der Waals surface area contributed by atoms with Crippen LogP contribution in [0.15, 0.2) is 48.5 Å². The third kappa shape index (κ3) is 5.38. The fourth-order valence-corrected chi connectivity index (χ4v) is 3.61. The van der Waals surface area contributed by atoms with E-state index in [1.54, 1.807) is 23.9 Å². The molecule has 2 amide bonds. The molecule has 0 bridgehead atoms. The lowest BCUT2D eigenvalue weighted by molar-refractivity contribution is 0.133. The summed E-state index contributed by atoms with van der Waals surface area (Å²) in [6.45, 7) is 3.85. The topological polar surface area (TPSA) is 88.4 Å². The highest BCUT2D eigenvalue weighted by atomic mass is 19.1. The molecule has 1 fully saturated rings. The van der Waals surface area contributed by atoms with Crippen LogP contribution >= 0.6 is 0 Å². The standard InChI is InChI=1S/C22H26FN7O2/c1-32-20-8-2-17(3-9-20)10-11-24-22(31)29-14-12-28(13-15-29)16-21-25-26-27-30(21)19-6-4-18(23)5-7-19/h2-9H,10-16H2,1H3,(H,24,31). The van der Waals surface area contributed by atoms with Crippen LogP contribution in [0.2, 0.25) is 0 Å². The van der Waals surface area contributed by atoms with Gasteiger partial charge in [-0.3, -0.25) is 4.90 Å². The number of nitrogens with zero attached hydrogens (tertiary/aromatic N) is 6. The highest BCUT2D eigenvalue weighted by molar-refractivity contribution is 5.74. The van der Waals surface area contributed by atoms with Crippen molar-refractivity contribution in [2.75, 3.05) is 39.8 Å². The average molecular weight is 439 g/mol. The average Bonchev–Trinajstić information content (AvgIpc) is 3.28. The number of carbonyl (C=O) groups is 1. The second-order valence-electron chi connectivity index (χ2n) is 7.58. The number of amides is 2. The molecule has 0 saturated carbocycles. The number of tetrazole rings is 1. The third-order valence-corrected chi connectivity index (χ3v) is 5.48. The molecule has 1 N–H and O–H groups in total. The van der Waals surface area contributed by atoms with Gasteiger partial charge < -0.3 is 15.0 Å². The van der Waals surface area contributed by atoms with Crippen molar-refractivity contribution in [3.8, 4) is 11.4 Å². The lowest BCUT2D eigenvalue weighted by atomic mass is 10.1. The normalized spacial score (nSPS) is 14.4. The van der Waals surface area contributed by atoms with Crippen molar-refractivity contribution >= 4 is 6.03 Å². The Kier molecular flexibility index (Phi) is 6.90. The van der Waals surface area contributed by atoms with Gasteiger partial charge in [0, 0.05) is 32.7 Å². The highest BCUT2D eigenvalue weighted by Gasteiger charge is 2.22. The lowest BCUT2D eigenvalue weighted by Gasteiger charge is -2.34. The van der Waals surface area contributed by atoms with Gasteiger partial charge in [0.2, 0.25) is 0 Å². The lowest BCUT2D eigenvalue weighted by Crippen LogP contribution is -2.51. The fraction of sp³-hybridized carbons (Fsp3) is 0.364.